The number of fused-ring (bicyclic) bond motifs is 1. The minimum absolute atomic E-state index is 0.344. The Morgan fingerprint density at radius 2 is 2.00 bits per heavy atom. The highest BCUT2D eigenvalue weighted by Gasteiger charge is 2.57. The molecule has 0 saturated heterocycles. The summed E-state index contributed by atoms with van der Waals surface area (Å²) < 4.78 is 0. The van der Waals surface area contributed by atoms with Crippen molar-refractivity contribution in [1.82, 2.24) is 4.90 Å². The summed E-state index contributed by atoms with van der Waals surface area (Å²) in [4.78, 5) is 14.3. The van der Waals surface area contributed by atoms with Gasteiger partial charge in [-0.25, -0.2) is 0 Å². The van der Waals surface area contributed by atoms with Gasteiger partial charge in [0.25, 0.3) is 0 Å². The molecule has 2 aliphatic rings. The monoisotopic (exact) mass is 273 g/mol. The van der Waals surface area contributed by atoms with Crippen LogP contribution in [0.3, 0.4) is 0 Å². The number of alkyl halides is 1. The minimum Gasteiger partial charge on any atom is -0.339 e. The molecular formula is C12H20BrNO. The van der Waals surface area contributed by atoms with Crippen LogP contribution in [0.25, 0.3) is 0 Å². The average Bonchev–Trinajstić information content (AvgIpc) is 2.67. The van der Waals surface area contributed by atoms with E-state index in [4.69, 9.17) is 0 Å². The summed E-state index contributed by atoms with van der Waals surface area (Å²) in [7, 11) is 0. The SMILES string of the molecule is CC(C)N(CCBr)C(=O)C1C2CCCC21. The van der Waals surface area contributed by atoms with Gasteiger partial charge in [-0.2, -0.15) is 0 Å². The molecule has 0 spiro atoms. The Morgan fingerprint density at radius 1 is 1.40 bits per heavy atom. The second kappa shape index (κ2) is 4.44. The Morgan fingerprint density at radius 3 is 2.47 bits per heavy atom. The predicted octanol–water partition coefficient (Wildman–Crippen LogP) is 2.66. The molecule has 0 aliphatic heterocycles. The number of halogens is 1. The van der Waals surface area contributed by atoms with E-state index in [0.29, 0.717) is 17.9 Å². The molecule has 2 fully saturated rings. The van der Waals surface area contributed by atoms with Gasteiger partial charge in [-0.3, -0.25) is 4.79 Å². The van der Waals surface area contributed by atoms with Crippen molar-refractivity contribution in [2.45, 2.75) is 39.2 Å². The Bertz CT molecular complexity index is 244. The Kier molecular flexibility index (Phi) is 3.39. The molecule has 0 aromatic rings. The first-order valence-electron chi connectivity index (χ1n) is 6.03. The molecule has 2 nitrogen and oxygen atoms in total. The average molecular weight is 274 g/mol. The molecule has 3 heteroatoms. The molecule has 15 heavy (non-hydrogen) atoms. The third kappa shape index (κ3) is 2.08. The van der Waals surface area contributed by atoms with Crippen molar-refractivity contribution < 1.29 is 4.79 Å². The largest absolute Gasteiger partial charge is 0.339 e. The fourth-order valence-corrected chi connectivity index (χ4v) is 3.48. The van der Waals surface area contributed by atoms with Crippen LogP contribution in [0.5, 0.6) is 0 Å². The maximum Gasteiger partial charge on any atom is 0.226 e. The van der Waals surface area contributed by atoms with E-state index in [2.05, 4.69) is 29.8 Å². The van der Waals surface area contributed by atoms with E-state index < -0.39 is 0 Å². The molecule has 86 valence electrons. The smallest absolute Gasteiger partial charge is 0.226 e. The maximum absolute atomic E-state index is 12.3. The van der Waals surface area contributed by atoms with E-state index in [1.165, 1.54) is 19.3 Å². The van der Waals surface area contributed by atoms with Gasteiger partial charge >= 0.3 is 0 Å². The standard InChI is InChI=1S/C12H20BrNO/c1-8(2)14(7-6-13)12(15)11-9-4-3-5-10(9)11/h8-11H,3-7H2,1-2H3. The summed E-state index contributed by atoms with van der Waals surface area (Å²) in [5.41, 5.74) is 0. The Balaban J connectivity index is 1.94. The van der Waals surface area contributed by atoms with Gasteiger partial charge in [-0.15, -0.1) is 0 Å². The second-order valence-electron chi connectivity index (χ2n) is 5.10. The minimum atomic E-state index is 0.344. The first-order valence-corrected chi connectivity index (χ1v) is 7.15. The topological polar surface area (TPSA) is 20.3 Å². The van der Waals surface area contributed by atoms with Crippen LogP contribution in [0, 0.1) is 17.8 Å². The van der Waals surface area contributed by atoms with Crippen LogP contribution in [0.4, 0.5) is 0 Å². The van der Waals surface area contributed by atoms with E-state index in [0.717, 1.165) is 23.7 Å². The number of amides is 1. The lowest BCUT2D eigenvalue weighted by Crippen LogP contribution is -2.40. The molecule has 0 N–H and O–H groups in total. The predicted molar refractivity (Wildman–Crippen MR) is 65.0 cm³/mol. The zero-order chi connectivity index (χ0) is 11.0. The zero-order valence-electron chi connectivity index (χ0n) is 9.58. The van der Waals surface area contributed by atoms with Crippen molar-refractivity contribution in [2.75, 3.05) is 11.9 Å². The lowest BCUT2D eigenvalue weighted by atomic mass is 10.1. The molecule has 0 bridgehead atoms. The quantitative estimate of drug-likeness (QED) is 0.722. The number of rotatable bonds is 4. The summed E-state index contributed by atoms with van der Waals surface area (Å²) in [5.74, 6) is 2.29. The highest BCUT2D eigenvalue weighted by Crippen LogP contribution is 2.58. The first kappa shape index (κ1) is 11.4. The van der Waals surface area contributed by atoms with Crippen LogP contribution < -0.4 is 0 Å². The maximum atomic E-state index is 12.3. The summed E-state index contributed by atoms with van der Waals surface area (Å²) in [5, 5.41) is 0.888. The number of hydrogen-bond donors (Lipinski definition) is 0. The highest BCUT2D eigenvalue weighted by atomic mass is 79.9. The first-order chi connectivity index (χ1) is 7.16. The molecule has 0 aromatic heterocycles. The summed E-state index contributed by atoms with van der Waals surface area (Å²) in [6.07, 6.45) is 3.93. The molecule has 2 rings (SSSR count). The van der Waals surface area contributed by atoms with Gasteiger partial charge in [0.1, 0.15) is 0 Å². The van der Waals surface area contributed by atoms with E-state index in [1.54, 1.807) is 0 Å². The number of hydrogen-bond acceptors (Lipinski definition) is 1. The van der Waals surface area contributed by atoms with Gasteiger partial charge in [0.2, 0.25) is 5.91 Å². The molecular weight excluding hydrogens is 254 g/mol. The highest BCUT2D eigenvalue weighted by molar-refractivity contribution is 9.09. The van der Waals surface area contributed by atoms with Crippen molar-refractivity contribution in [3.63, 3.8) is 0 Å². The van der Waals surface area contributed by atoms with E-state index in [1.807, 2.05) is 4.90 Å². The molecule has 2 unspecified atom stereocenters. The van der Waals surface area contributed by atoms with Crippen LogP contribution in [-0.4, -0.2) is 28.7 Å². The van der Waals surface area contributed by atoms with Crippen molar-refractivity contribution >= 4 is 21.8 Å². The number of carbonyl (C=O) groups excluding carboxylic acids is 1. The summed E-state index contributed by atoms with van der Waals surface area (Å²) in [6, 6.07) is 0.344. The molecule has 0 aromatic carbocycles. The Labute approximate surface area is 101 Å². The van der Waals surface area contributed by atoms with Crippen LogP contribution in [-0.2, 0) is 4.79 Å². The van der Waals surface area contributed by atoms with Crippen LogP contribution in [0.15, 0.2) is 0 Å². The van der Waals surface area contributed by atoms with E-state index in [9.17, 15) is 4.79 Å². The third-order valence-electron chi connectivity index (χ3n) is 3.92. The number of nitrogens with zero attached hydrogens (tertiary/aromatic N) is 1. The van der Waals surface area contributed by atoms with Gasteiger partial charge in [0.05, 0.1) is 0 Å². The van der Waals surface area contributed by atoms with Gasteiger partial charge in [0, 0.05) is 23.8 Å². The van der Waals surface area contributed by atoms with Crippen molar-refractivity contribution in [3.8, 4) is 0 Å². The summed E-state index contributed by atoms with van der Waals surface area (Å²) in [6.45, 7) is 5.07. The van der Waals surface area contributed by atoms with Crippen LogP contribution in [0.1, 0.15) is 33.1 Å². The van der Waals surface area contributed by atoms with Crippen molar-refractivity contribution in [3.05, 3.63) is 0 Å². The fourth-order valence-electron chi connectivity index (χ4n) is 3.09. The third-order valence-corrected chi connectivity index (χ3v) is 4.28. The zero-order valence-corrected chi connectivity index (χ0v) is 11.2. The summed E-state index contributed by atoms with van der Waals surface area (Å²) >= 11 is 3.42. The normalized spacial score (nSPS) is 32.9. The lowest BCUT2D eigenvalue weighted by Gasteiger charge is -2.26. The van der Waals surface area contributed by atoms with E-state index >= 15 is 0 Å². The number of carbonyl (C=O) groups is 1. The second-order valence-corrected chi connectivity index (χ2v) is 5.89. The molecule has 2 saturated carbocycles. The molecule has 2 atom stereocenters. The fraction of sp³-hybridized carbons (Fsp3) is 0.917. The van der Waals surface area contributed by atoms with Crippen LogP contribution >= 0.6 is 15.9 Å². The molecule has 1 amide bonds. The van der Waals surface area contributed by atoms with Crippen molar-refractivity contribution in [1.29, 1.82) is 0 Å². The van der Waals surface area contributed by atoms with Crippen molar-refractivity contribution in [2.24, 2.45) is 17.8 Å². The van der Waals surface area contributed by atoms with Crippen LogP contribution in [0.2, 0.25) is 0 Å². The van der Waals surface area contributed by atoms with Gasteiger partial charge < -0.3 is 4.90 Å². The lowest BCUT2D eigenvalue weighted by molar-refractivity contribution is -0.134. The molecule has 2 aliphatic carbocycles. The molecule has 0 heterocycles. The van der Waals surface area contributed by atoms with E-state index in [-0.39, 0.29) is 0 Å². The van der Waals surface area contributed by atoms with Gasteiger partial charge in [0.15, 0.2) is 0 Å². The van der Waals surface area contributed by atoms with Gasteiger partial charge in [-0.1, -0.05) is 22.4 Å². The van der Waals surface area contributed by atoms with Gasteiger partial charge in [-0.05, 0) is 38.5 Å². The molecule has 0 radical (unpaired) electrons. The Hall–Kier alpha value is -0.0500.